The predicted molar refractivity (Wildman–Crippen MR) is 85.6 cm³/mol. The van der Waals surface area contributed by atoms with E-state index in [2.05, 4.69) is 55.0 Å². The van der Waals surface area contributed by atoms with E-state index in [4.69, 9.17) is 0 Å². The molecule has 3 nitrogen and oxygen atoms in total. The summed E-state index contributed by atoms with van der Waals surface area (Å²) in [5.74, 6) is 0. The Labute approximate surface area is 126 Å². The van der Waals surface area contributed by atoms with Gasteiger partial charge in [-0.15, -0.1) is 11.3 Å². The number of piperazine rings is 1. The van der Waals surface area contributed by atoms with E-state index in [1.807, 2.05) is 11.6 Å². The molecule has 3 rings (SSSR count). The maximum Gasteiger partial charge on any atom is 0.185 e. The Hall–Kier alpha value is -1.07. The van der Waals surface area contributed by atoms with Gasteiger partial charge >= 0.3 is 0 Å². The second-order valence-electron chi connectivity index (χ2n) is 4.55. The molecule has 1 aromatic heterocycles. The molecular formula is C14H16BrN3S. The molecule has 0 aliphatic carbocycles. The fraction of sp³-hybridized carbons (Fsp3) is 0.357. The van der Waals surface area contributed by atoms with Crippen LogP contribution < -0.4 is 9.80 Å². The third kappa shape index (κ3) is 2.77. The molecule has 2 aromatic rings. The van der Waals surface area contributed by atoms with Crippen LogP contribution in [0.3, 0.4) is 0 Å². The van der Waals surface area contributed by atoms with E-state index < -0.39 is 0 Å². The molecule has 0 unspecified atom stereocenters. The number of anilines is 2. The highest BCUT2D eigenvalue weighted by Crippen LogP contribution is 2.25. The topological polar surface area (TPSA) is 19.4 Å². The predicted octanol–water partition coefficient (Wildman–Crippen LogP) is 3.36. The fourth-order valence-corrected chi connectivity index (χ4v) is 3.61. The van der Waals surface area contributed by atoms with Gasteiger partial charge in [0.25, 0.3) is 0 Å². The van der Waals surface area contributed by atoms with E-state index in [1.165, 1.54) is 11.3 Å². The molecule has 100 valence electrons. The molecule has 19 heavy (non-hydrogen) atoms. The van der Waals surface area contributed by atoms with Crippen molar-refractivity contribution in [2.24, 2.45) is 0 Å². The van der Waals surface area contributed by atoms with Gasteiger partial charge in [-0.05, 0) is 11.6 Å². The van der Waals surface area contributed by atoms with Crippen molar-refractivity contribution in [2.75, 3.05) is 36.0 Å². The Morgan fingerprint density at radius 2 is 1.84 bits per heavy atom. The summed E-state index contributed by atoms with van der Waals surface area (Å²) in [6.07, 6.45) is 1.88. The van der Waals surface area contributed by atoms with Crippen LogP contribution in [0.4, 0.5) is 10.8 Å². The lowest BCUT2D eigenvalue weighted by molar-refractivity contribution is 0.651. The molecule has 0 saturated carbocycles. The number of para-hydroxylation sites is 1. The smallest absolute Gasteiger partial charge is 0.185 e. The van der Waals surface area contributed by atoms with Crippen molar-refractivity contribution < 1.29 is 0 Å². The lowest BCUT2D eigenvalue weighted by Crippen LogP contribution is -2.46. The zero-order chi connectivity index (χ0) is 13.1. The van der Waals surface area contributed by atoms with Crippen LogP contribution in [0, 0.1) is 0 Å². The Morgan fingerprint density at radius 3 is 2.53 bits per heavy atom. The van der Waals surface area contributed by atoms with Crippen molar-refractivity contribution >= 4 is 38.1 Å². The zero-order valence-electron chi connectivity index (χ0n) is 10.6. The Morgan fingerprint density at radius 1 is 1.11 bits per heavy atom. The third-order valence-electron chi connectivity index (χ3n) is 3.45. The standard InChI is InChI=1S/C14H16BrN3S/c15-11-12-3-1-2-4-13(12)17-6-8-18(9-7-17)14-16-5-10-19-14/h1-5,10H,6-9,11H2. The van der Waals surface area contributed by atoms with Crippen molar-refractivity contribution in [1.82, 2.24) is 4.98 Å². The third-order valence-corrected chi connectivity index (χ3v) is 4.88. The van der Waals surface area contributed by atoms with Crippen LogP contribution in [0.1, 0.15) is 5.56 Å². The average Bonchev–Trinajstić information content (AvgIpc) is 3.02. The van der Waals surface area contributed by atoms with E-state index >= 15 is 0 Å². The molecule has 0 radical (unpaired) electrons. The average molecular weight is 338 g/mol. The highest BCUT2D eigenvalue weighted by Gasteiger charge is 2.20. The maximum atomic E-state index is 4.39. The molecule has 0 bridgehead atoms. The van der Waals surface area contributed by atoms with Gasteiger partial charge in [0.2, 0.25) is 0 Å². The second kappa shape index (κ2) is 5.92. The van der Waals surface area contributed by atoms with Gasteiger partial charge in [0, 0.05) is 48.8 Å². The van der Waals surface area contributed by atoms with Gasteiger partial charge in [0.15, 0.2) is 5.13 Å². The van der Waals surface area contributed by atoms with Gasteiger partial charge < -0.3 is 9.80 Å². The number of nitrogens with zero attached hydrogens (tertiary/aromatic N) is 3. The van der Waals surface area contributed by atoms with Gasteiger partial charge in [0.1, 0.15) is 0 Å². The van der Waals surface area contributed by atoms with Crippen molar-refractivity contribution in [3.05, 3.63) is 41.4 Å². The van der Waals surface area contributed by atoms with E-state index in [0.717, 1.165) is 36.6 Å². The molecule has 0 spiro atoms. The van der Waals surface area contributed by atoms with Crippen LogP contribution in [-0.4, -0.2) is 31.2 Å². The van der Waals surface area contributed by atoms with E-state index in [-0.39, 0.29) is 0 Å². The first-order chi connectivity index (χ1) is 9.38. The summed E-state index contributed by atoms with van der Waals surface area (Å²) < 4.78 is 0. The Balaban J connectivity index is 1.70. The van der Waals surface area contributed by atoms with Crippen molar-refractivity contribution in [3.63, 3.8) is 0 Å². The van der Waals surface area contributed by atoms with E-state index in [9.17, 15) is 0 Å². The quantitative estimate of drug-likeness (QED) is 0.800. The molecule has 1 aromatic carbocycles. The lowest BCUT2D eigenvalue weighted by Gasteiger charge is -2.36. The zero-order valence-corrected chi connectivity index (χ0v) is 13.0. The van der Waals surface area contributed by atoms with Gasteiger partial charge in [-0.3, -0.25) is 0 Å². The summed E-state index contributed by atoms with van der Waals surface area (Å²) in [5.41, 5.74) is 2.73. The first-order valence-electron chi connectivity index (χ1n) is 6.42. The highest BCUT2D eigenvalue weighted by atomic mass is 79.9. The largest absolute Gasteiger partial charge is 0.368 e. The summed E-state index contributed by atoms with van der Waals surface area (Å²) in [4.78, 5) is 9.24. The first-order valence-corrected chi connectivity index (χ1v) is 8.42. The van der Waals surface area contributed by atoms with E-state index in [1.54, 1.807) is 11.3 Å². The van der Waals surface area contributed by atoms with Crippen LogP contribution in [-0.2, 0) is 5.33 Å². The molecule has 1 aliphatic rings. The highest BCUT2D eigenvalue weighted by molar-refractivity contribution is 9.08. The minimum Gasteiger partial charge on any atom is -0.368 e. The van der Waals surface area contributed by atoms with E-state index in [0.29, 0.717) is 0 Å². The molecule has 5 heteroatoms. The van der Waals surface area contributed by atoms with Crippen LogP contribution in [0.15, 0.2) is 35.8 Å². The molecular weight excluding hydrogens is 322 g/mol. The van der Waals surface area contributed by atoms with Crippen LogP contribution in [0.25, 0.3) is 0 Å². The number of alkyl halides is 1. The summed E-state index contributed by atoms with van der Waals surface area (Å²) in [5, 5.41) is 4.10. The Bertz CT molecular complexity index is 521. The number of hydrogen-bond donors (Lipinski definition) is 0. The van der Waals surface area contributed by atoms with Gasteiger partial charge in [-0.2, -0.15) is 0 Å². The molecule has 1 fully saturated rings. The monoisotopic (exact) mass is 337 g/mol. The molecule has 1 aliphatic heterocycles. The van der Waals surface area contributed by atoms with Crippen LogP contribution in [0.2, 0.25) is 0 Å². The molecule has 2 heterocycles. The van der Waals surface area contributed by atoms with Gasteiger partial charge in [-0.25, -0.2) is 4.98 Å². The number of aromatic nitrogens is 1. The second-order valence-corrected chi connectivity index (χ2v) is 5.98. The number of hydrogen-bond acceptors (Lipinski definition) is 4. The minimum absolute atomic E-state index is 0.913. The Kier molecular flexibility index (Phi) is 4.03. The maximum absolute atomic E-state index is 4.39. The molecule has 0 atom stereocenters. The minimum atomic E-state index is 0.913. The molecule has 0 N–H and O–H groups in total. The van der Waals surface area contributed by atoms with Crippen molar-refractivity contribution in [1.29, 1.82) is 0 Å². The summed E-state index contributed by atoms with van der Waals surface area (Å²) in [6, 6.07) is 8.63. The molecule has 1 saturated heterocycles. The van der Waals surface area contributed by atoms with Crippen LogP contribution in [0.5, 0.6) is 0 Å². The number of thiazole rings is 1. The number of halogens is 1. The summed E-state index contributed by atoms with van der Waals surface area (Å²) in [6.45, 7) is 4.21. The molecule has 0 amide bonds. The van der Waals surface area contributed by atoms with Crippen molar-refractivity contribution in [3.8, 4) is 0 Å². The fourth-order valence-electron chi connectivity index (χ4n) is 2.44. The van der Waals surface area contributed by atoms with Gasteiger partial charge in [0.05, 0.1) is 0 Å². The SMILES string of the molecule is BrCc1ccccc1N1CCN(c2nccs2)CC1. The lowest BCUT2D eigenvalue weighted by atomic mass is 10.1. The first kappa shape index (κ1) is 12.9. The number of rotatable bonds is 3. The van der Waals surface area contributed by atoms with Gasteiger partial charge in [-0.1, -0.05) is 34.1 Å². The normalized spacial score (nSPS) is 15.8. The summed E-state index contributed by atoms with van der Waals surface area (Å²) in [7, 11) is 0. The van der Waals surface area contributed by atoms with Crippen molar-refractivity contribution in [2.45, 2.75) is 5.33 Å². The van der Waals surface area contributed by atoms with Crippen LogP contribution >= 0.6 is 27.3 Å². The summed E-state index contributed by atoms with van der Waals surface area (Å²) >= 11 is 5.30. The number of benzene rings is 1.